The van der Waals surface area contributed by atoms with Crippen LogP contribution < -0.4 is 10.5 Å². The molecule has 1 aromatic heterocycles. The third-order valence-electron chi connectivity index (χ3n) is 2.53. The number of benzene rings is 1. The second-order valence-electron chi connectivity index (χ2n) is 4.13. The second-order valence-corrected chi connectivity index (χ2v) is 4.13. The lowest BCUT2D eigenvalue weighted by molar-refractivity contribution is 0.460. The van der Waals surface area contributed by atoms with Gasteiger partial charge >= 0.3 is 0 Å². The molecule has 0 spiro atoms. The van der Waals surface area contributed by atoms with Gasteiger partial charge in [-0.05, 0) is 38.1 Å². The lowest BCUT2D eigenvalue weighted by atomic mass is 10.2. The van der Waals surface area contributed by atoms with Crippen molar-refractivity contribution in [3.63, 3.8) is 0 Å². The third-order valence-corrected chi connectivity index (χ3v) is 2.53. The van der Waals surface area contributed by atoms with E-state index in [4.69, 9.17) is 15.9 Å². The summed E-state index contributed by atoms with van der Waals surface area (Å²) in [7, 11) is 0. The van der Waals surface area contributed by atoms with Crippen molar-refractivity contribution in [3.05, 3.63) is 53.2 Å². The molecular weight excluding hydrogens is 226 g/mol. The quantitative estimate of drug-likeness (QED) is 0.641. The van der Waals surface area contributed by atoms with Crippen LogP contribution >= 0.6 is 0 Å². The molecule has 0 saturated heterocycles. The van der Waals surface area contributed by atoms with Crippen LogP contribution in [0.25, 0.3) is 0 Å². The Morgan fingerprint density at radius 2 is 1.78 bits per heavy atom. The molecule has 2 aromatic rings. The topological polar surface area (TPSA) is 72.0 Å². The Hall–Kier alpha value is -2.36. The van der Waals surface area contributed by atoms with Gasteiger partial charge in [0.1, 0.15) is 11.6 Å². The lowest BCUT2D eigenvalue weighted by Gasteiger charge is -2.10. The summed E-state index contributed by atoms with van der Waals surface area (Å²) in [5, 5.41) is 7.50. The van der Waals surface area contributed by atoms with Gasteiger partial charge in [-0.2, -0.15) is 0 Å². The summed E-state index contributed by atoms with van der Waals surface area (Å²) in [4.78, 5) is 4.27. The lowest BCUT2D eigenvalue weighted by Crippen LogP contribution is -2.13. The number of nitrogens with one attached hydrogen (secondary N) is 1. The Bertz CT molecular complexity index is 576. The van der Waals surface area contributed by atoms with Crippen LogP contribution in [0.2, 0.25) is 0 Å². The van der Waals surface area contributed by atoms with E-state index in [1.165, 1.54) is 0 Å². The van der Waals surface area contributed by atoms with Crippen molar-refractivity contribution in [2.24, 2.45) is 5.73 Å². The van der Waals surface area contributed by atoms with Crippen LogP contribution in [0.1, 0.15) is 16.8 Å². The highest BCUT2D eigenvalue weighted by molar-refractivity contribution is 5.97. The molecule has 0 unspecified atom stereocenters. The highest BCUT2D eigenvalue weighted by Gasteiger charge is 2.09. The Morgan fingerprint density at radius 3 is 2.39 bits per heavy atom. The molecule has 0 aliphatic heterocycles. The van der Waals surface area contributed by atoms with Crippen LogP contribution in [0.5, 0.6) is 11.6 Å². The van der Waals surface area contributed by atoms with Gasteiger partial charge in [0.05, 0.1) is 5.56 Å². The first-order chi connectivity index (χ1) is 8.56. The van der Waals surface area contributed by atoms with E-state index in [0.29, 0.717) is 17.2 Å². The van der Waals surface area contributed by atoms with E-state index in [0.717, 1.165) is 11.3 Å². The number of nitrogens with zero attached hydrogens (tertiary/aromatic N) is 1. The van der Waals surface area contributed by atoms with Gasteiger partial charge in [0, 0.05) is 5.69 Å². The zero-order valence-corrected chi connectivity index (χ0v) is 10.4. The van der Waals surface area contributed by atoms with Crippen molar-refractivity contribution in [3.8, 4) is 11.6 Å². The number of nitrogen functional groups attached to an aromatic ring is 1. The van der Waals surface area contributed by atoms with Crippen molar-refractivity contribution in [1.29, 1.82) is 5.41 Å². The highest BCUT2D eigenvalue weighted by Crippen LogP contribution is 2.23. The zero-order valence-electron chi connectivity index (χ0n) is 10.4. The number of hydrogen-bond acceptors (Lipinski definition) is 3. The molecule has 0 amide bonds. The van der Waals surface area contributed by atoms with E-state index in [-0.39, 0.29) is 5.84 Å². The second kappa shape index (κ2) is 4.87. The number of ether oxygens (including phenoxy) is 1. The number of aryl methyl sites for hydroxylation is 2. The Labute approximate surface area is 106 Å². The van der Waals surface area contributed by atoms with Gasteiger partial charge < -0.3 is 10.5 Å². The average molecular weight is 241 g/mol. The minimum Gasteiger partial charge on any atom is -0.438 e. The molecule has 0 atom stereocenters. The van der Waals surface area contributed by atoms with Gasteiger partial charge in [-0.3, -0.25) is 5.41 Å². The van der Waals surface area contributed by atoms with Crippen molar-refractivity contribution in [2.75, 3.05) is 0 Å². The third kappa shape index (κ3) is 2.66. The molecule has 2 rings (SSSR count). The zero-order chi connectivity index (χ0) is 13.1. The first kappa shape index (κ1) is 12.1. The fraction of sp³-hybridized carbons (Fsp3) is 0.143. The molecule has 4 nitrogen and oxygen atoms in total. The normalized spacial score (nSPS) is 10.1. The van der Waals surface area contributed by atoms with E-state index in [2.05, 4.69) is 4.98 Å². The molecule has 0 radical (unpaired) electrons. The Kier molecular flexibility index (Phi) is 3.28. The van der Waals surface area contributed by atoms with Crippen LogP contribution in [0, 0.1) is 19.3 Å². The van der Waals surface area contributed by atoms with E-state index in [9.17, 15) is 0 Å². The van der Waals surface area contributed by atoms with Gasteiger partial charge in [0.2, 0.25) is 5.88 Å². The number of nitrogens with two attached hydrogens (primary N) is 1. The highest BCUT2D eigenvalue weighted by atomic mass is 16.5. The van der Waals surface area contributed by atoms with Crippen LogP contribution in [0.4, 0.5) is 0 Å². The fourth-order valence-corrected chi connectivity index (χ4v) is 1.53. The van der Waals surface area contributed by atoms with Crippen LogP contribution in [0.15, 0.2) is 36.4 Å². The molecule has 0 fully saturated rings. The van der Waals surface area contributed by atoms with E-state index >= 15 is 0 Å². The summed E-state index contributed by atoms with van der Waals surface area (Å²) >= 11 is 0. The van der Waals surface area contributed by atoms with Crippen molar-refractivity contribution in [2.45, 2.75) is 13.8 Å². The molecule has 1 heterocycles. The van der Waals surface area contributed by atoms with Gasteiger partial charge in [0.25, 0.3) is 0 Å². The maximum atomic E-state index is 7.50. The first-order valence-corrected chi connectivity index (χ1v) is 5.63. The van der Waals surface area contributed by atoms with Crippen LogP contribution in [-0.4, -0.2) is 10.8 Å². The summed E-state index contributed by atoms with van der Waals surface area (Å²) in [6.07, 6.45) is 0. The molecule has 18 heavy (non-hydrogen) atoms. The van der Waals surface area contributed by atoms with Gasteiger partial charge in [0.15, 0.2) is 0 Å². The van der Waals surface area contributed by atoms with E-state index in [1.54, 1.807) is 12.1 Å². The summed E-state index contributed by atoms with van der Waals surface area (Å²) in [6.45, 7) is 3.88. The van der Waals surface area contributed by atoms with Crippen LogP contribution in [-0.2, 0) is 0 Å². The maximum absolute atomic E-state index is 7.50. The minimum atomic E-state index is -0.0513. The molecule has 3 N–H and O–H groups in total. The fourth-order valence-electron chi connectivity index (χ4n) is 1.53. The molecule has 92 valence electrons. The minimum absolute atomic E-state index is 0.0513. The predicted molar refractivity (Wildman–Crippen MR) is 71.2 cm³/mol. The monoisotopic (exact) mass is 241 g/mol. The molecule has 1 aromatic carbocycles. The average Bonchev–Trinajstić information content (AvgIpc) is 2.32. The number of hydrogen-bond donors (Lipinski definition) is 2. The van der Waals surface area contributed by atoms with Crippen molar-refractivity contribution >= 4 is 5.84 Å². The molecule has 0 aliphatic carbocycles. The van der Waals surface area contributed by atoms with Crippen molar-refractivity contribution in [1.82, 2.24) is 4.98 Å². The Balaban J connectivity index is 2.35. The molecule has 0 saturated carbocycles. The predicted octanol–water partition coefficient (Wildman–Crippen LogP) is 2.77. The Morgan fingerprint density at radius 1 is 1.11 bits per heavy atom. The molecular formula is C14H15N3O. The molecule has 0 aliphatic rings. The number of pyridine rings is 1. The van der Waals surface area contributed by atoms with Crippen LogP contribution in [0.3, 0.4) is 0 Å². The van der Waals surface area contributed by atoms with E-state index < -0.39 is 0 Å². The standard InChI is InChI=1S/C14H15N3O/c1-9-3-6-11(7-4-9)18-14-12(13(15)16)8-5-10(2)17-14/h3-8H,1-2H3,(H3,15,16). The summed E-state index contributed by atoms with van der Waals surface area (Å²) in [6, 6.07) is 11.2. The smallest absolute Gasteiger partial charge is 0.230 e. The first-order valence-electron chi connectivity index (χ1n) is 5.63. The molecule has 4 heteroatoms. The van der Waals surface area contributed by atoms with Gasteiger partial charge in [-0.1, -0.05) is 17.7 Å². The maximum Gasteiger partial charge on any atom is 0.230 e. The van der Waals surface area contributed by atoms with Crippen molar-refractivity contribution < 1.29 is 4.74 Å². The summed E-state index contributed by atoms with van der Waals surface area (Å²) in [5.74, 6) is 0.997. The molecule has 0 bridgehead atoms. The summed E-state index contributed by atoms with van der Waals surface area (Å²) in [5.41, 5.74) is 7.99. The summed E-state index contributed by atoms with van der Waals surface area (Å²) < 4.78 is 5.67. The van der Waals surface area contributed by atoms with Gasteiger partial charge in [-0.25, -0.2) is 4.98 Å². The number of aromatic nitrogens is 1. The SMILES string of the molecule is Cc1ccc(Oc2nc(C)ccc2C(=N)N)cc1. The largest absolute Gasteiger partial charge is 0.438 e. The number of rotatable bonds is 3. The number of amidine groups is 1. The van der Waals surface area contributed by atoms with Gasteiger partial charge in [-0.15, -0.1) is 0 Å². The van der Waals surface area contributed by atoms with E-state index in [1.807, 2.05) is 38.1 Å².